The number of halogens is 1. The number of rotatable bonds is 7. The van der Waals surface area contributed by atoms with E-state index in [-0.39, 0.29) is 22.8 Å². The van der Waals surface area contributed by atoms with Crippen LogP contribution in [0.3, 0.4) is 0 Å². The molecule has 1 rings (SSSR count). The average Bonchev–Trinajstić information content (AvgIpc) is 2.23. The zero-order chi connectivity index (χ0) is 15.3. The van der Waals surface area contributed by atoms with Crippen LogP contribution in [0.15, 0.2) is 0 Å². The predicted octanol–water partition coefficient (Wildman–Crippen LogP) is 2.31. The van der Waals surface area contributed by atoms with Gasteiger partial charge in [0.1, 0.15) is 0 Å². The first kappa shape index (κ1) is 16.9. The van der Waals surface area contributed by atoms with Gasteiger partial charge in [0.25, 0.3) is 0 Å². The normalized spacial score (nSPS) is 12.1. The summed E-state index contributed by atoms with van der Waals surface area (Å²) in [6.45, 7) is 9.85. The molecule has 0 saturated carbocycles. The fraction of sp³-hybridized carbons (Fsp3) is 0.769. The minimum atomic E-state index is -0.00787. The van der Waals surface area contributed by atoms with Crippen LogP contribution < -0.4 is 10.1 Å². The van der Waals surface area contributed by atoms with Gasteiger partial charge in [0.15, 0.2) is 0 Å². The lowest BCUT2D eigenvalue weighted by Crippen LogP contribution is -2.34. The van der Waals surface area contributed by atoms with Crippen LogP contribution in [0.4, 0.5) is 5.95 Å². The molecular formula is C13H24ClN5O. The quantitative estimate of drug-likeness (QED) is 0.834. The van der Waals surface area contributed by atoms with E-state index in [1.54, 1.807) is 0 Å². The molecule has 20 heavy (non-hydrogen) atoms. The lowest BCUT2D eigenvalue weighted by Gasteiger charge is -2.28. The van der Waals surface area contributed by atoms with E-state index in [0.29, 0.717) is 5.95 Å². The Kier molecular flexibility index (Phi) is 5.95. The van der Waals surface area contributed by atoms with Gasteiger partial charge in [-0.05, 0) is 45.0 Å². The maximum absolute atomic E-state index is 5.88. The van der Waals surface area contributed by atoms with E-state index in [9.17, 15) is 0 Å². The molecule has 0 spiro atoms. The predicted molar refractivity (Wildman–Crippen MR) is 81.4 cm³/mol. The van der Waals surface area contributed by atoms with Gasteiger partial charge in [-0.25, -0.2) is 0 Å². The van der Waals surface area contributed by atoms with E-state index in [4.69, 9.17) is 16.3 Å². The maximum Gasteiger partial charge on any atom is 0.322 e. The molecule has 1 N–H and O–H groups in total. The van der Waals surface area contributed by atoms with Crippen molar-refractivity contribution in [3.05, 3.63) is 5.28 Å². The number of hydrogen-bond donors (Lipinski definition) is 1. The highest BCUT2D eigenvalue weighted by molar-refractivity contribution is 6.28. The van der Waals surface area contributed by atoms with Gasteiger partial charge >= 0.3 is 6.01 Å². The summed E-state index contributed by atoms with van der Waals surface area (Å²) in [7, 11) is 4.10. The Morgan fingerprint density at radius 3 is 2.45 bits per heavy atom. The second kappa shape index (κ2) is 7.04. The molecule has 0 aliphatic rings. The highest BCUT2D eigenvalue weighted by atomic mass is 35.5. The highest BCUT2D eigenvalue weighted by Gasteiger charge is 2.19. The second-order valence-electron chi connectivity index (χ2n) is 6.13. The van der Waals surface area contributed by atoms with Crippen LogP contribution in [-0.2, 0) is 0 Å². The summed E-state index contributed by atoms with van der Waals surface area (Å²) >= 11 is 5.88. The molecule has 1 aromatic rings. The zero-order valence-corrected chi connectivity index (χ0v) is 13.8. The van der Waals surface area contributed by atoms with E-state index < -0.39 is 0 Å². The molecule has 0 saturated heterocycles. The molecule has 0 fully saturated rings. The molecule has 0 atom stereocenters. The van der Waals surface area contributed by atoms with Crippen molar-refractivity contribution >= 4 is 17.5 Å². The van der Waals surface area contributed by atoms with Crippen LogP contribution in [-0.4, -0.2) is 53.1 Å². The summed E-state index contributed by atoms with van der Waals surface area (Å²) in [5.74, 6) is 0.437. The Balaban J connectivity index is 2.70. The fourth-order valence-corrected chi connectivity index (χ4v) is 2.06. The topological polar surface area (TPSA) is 63.2 Å². The number of aromatic nitrogens is 3. The molecular weight excluding hydrogens is 278 g/mol. The molecule has 0 aromatic carbocycles. The number of ether oxygens (including phenoxy) is 1. The van der Waals surface area contributed by atoms with Crippen molar-refractivity contribution in [2.75, 3.05) is 32.5 Å². The van der Waals surface area contributed by atoms with Crippen molar-refractivity contribution < 1.29 is 4.74 Å². The van der Waals surface area contributed by atoms with E-state index in [0.717, 1.165) is 13.1 Å². The Hall–Kier alpha value is -1.14. The summed E-state index contributed by atoms with van der Waals surface area (Å²) in [6.07, 6.45) is -0.00787. The lowest BCUT2D eigenvalue weighted by molar-refractivity contribution is 0.221. The average molecular weight is 302 g/mol. The number of hydrogen-bond acceptors (Lipinski definition) is 6. The van der Waals surface area contributed by atoms with Gasteiger partial charge in [-0.15, -0.1) is 0 Å². The van der Waals surface area contributed by atoms with E-state index >= 15 is 0 Å². The smallest absolute Gasteiger partial charge is 0.322 e. The molecule has 0 radical (unpaired) electrons. The standard InChI is InChI=1S/C13H24ClN5O/c1-9(2)20-12-17-10(14)16-11(18-12)15-7-13(3,4)8-19(5)6/h9H,7-8H2,1-6H3,(H,15,16,17,18). The summed E-state index contributed by atoms with van der Waals surface area (Å²) in [5, 5.41) is 3.32. The largest absolute Gasteiger partial charge is 0.461 e. The molecule has 1 aromatic heterocycles. The van der Waals surface area contributed by atoms with Crippen LogP contribution in [0.1, 0.15) is 27.7 Å². The van der Waals surface area contributed by atoms with Crippen molar-refractivity contribution in [1.29, 1.82) is 0 Å². The molecule has 0 aliphatic carbocycles. The fourth-order valence-electron chi connectivity index (χ4n) is 1.90. The molecule has 0 bridgehead atoms. The highest BCUT2D eigenvalue weighted by Crippen LogP contribution is 2.18. The summed E-state index contributed by atoms with van der Waals surface area (Å²) in [5.41, 5.74) is 0.0850. The molecule has 0 aliphatic heterocycles. The van der Waals surface area contributed by atoms with Crippen LogP contribution in [0, 0.1) is 5.41 Å². The molecule has 0 unspecified atom stereocenters. The first-order valence-electron chi connectivity index (χ1n) is 6.65. The van der Waals surface area contributed by atoms with Gasteiger partial charge in [0, 0.05) is 13.1 Å². The van der Waals surface area contributed by atoms with Gasteiger partial charge < -0.3 is 15.0 Å². The van der Waals surface area contributed by atoms with E-state index in [1.165, 1.54) is 0 Å². The zero-order valence-electron chi connectivity index (χ0n) is 13.1. The Morgan fingerprint density at radius 2 is 1.90 bits per heavy atom. The van der Waals surface area contributed by atoms with Gasteiger partial charge in [0.2, 0.25) is 11.2 Å². The SMILES string of the molecule is CC(C)Oc1nc(Cl)nc(NCC(C)(C)CN(C)C)n1. The summed E-state index contributed by atoms with van der Waals surface area (Å²) in [4.78, 5) is 14.4. The molecule has 0 amide bonds. The first-order valence-corrected chi connectivity index (χ1v) is 7.02. The van der Waals surface area contributed by atoms with Crippen LogP contribution >= 0.6 is 11.6 Å². The van der Waals surface area contributed by atoms with Crippen LogP contribution in [0.5, 0.6) is 6.01 Å². The summed E-state index contributed by atoms with van der Waals surface area (Å²) in [6, 6.07) is 0.243. The lowest BCUT2D eigenvalue weighted by atomic mass is 9.93. The Morgan fingerprint density at radius 1 is 1.25 bits per heavy atom. The van der Waals surface area contributed by atoms with Gasteiger partial charge in [-0.3, -0.25) is 0 Å². The molecule has 6 nitrogen and oxygen atoms in total. The van der Waals surface area contributed by atoms with Gasteiger partial charge in [-0.1, -0.05) is 13.8 Å². The van der Waals surface area contributed by atoms with Crippen molar-refractivity contribution in [2.45, 2.75) is 33.8 Å². The number of anilines is 1. The molecule has 1 heterocycles. The number of nitrogens with zero attached hydrogens (tertiary/aromatic N) is 4. The van der Waals surface area contributed by atoms with Crippen LogP contribution in [0.25, 0.3) is 0 Å². The second-order valence-corrected chi connectivity index (χ2v) is 6.47. The van der Waals surface area contributed by atoms with Gasteiger partial charge in [-0.2, -0.15) is 15.0 Å². The molecule has 7 heteroatoms. The summed E-state index contributed by atoms with van der Waals surface area (Å²) < 4.78 is 5.44. The maximum atomic E-state index is 5.88. The molecule has 114 valence electrons. The van der Waals surface area contributed by atoms with Crippen molar-refractivity contribution in [2.24, 2.45) is 5.41 Å². The minimum Gasteiger partial charge on any atom is -0.461 e. The van der Waals surface area contributed by atoms with Crippen molar-refractivity contribution in [3.8, 4) is 6.01 Å². The third-order valence-corrected chi connectivity index (χ3v) is 2.57. The van der Waals surface area contributed by atoms with Gasteiger partial charge in [0.05, 0.1) is 6.10 Å². The van der Waals surface area contributed by atoms with Crippen LogP contribution in [0.2, 0.25) is 5.28 Å². The minimum absolute atomic E-state index is 0.00787. The van der Waals surface area contributed by atoms with E-state index in [2.05, 4.69) is 53.1 Å². The first-order chi connectivity index (χ1) is 9.18. The Labute approximate surface area is 125 Å². The van der Waals surface area contributed by atoms with Crippen molar-refractivity contribution in [1.82, 2.24) is 19.9 Å². The third kappa shape index (κ3) is 6.34. The number of nitrogens with one attached hydrogen (secondary N) is 1. The van der Waals surface area contributed by atoms with E-state index in [1.807, 2.05) is 13.8 Å². The van der Waals surface area contributed by atoms with Crippen molar-refractivity contribution in [3.63, 3.8) is 0 Å². The Bertz CT molecular complexity index is 437. The third-order valence-electron chi connectivity index (χ3n) is 2.40. The monoisotopic (exact) mass is 301 g/mol.